The minimum absolute atomic E-state index is 0.00473. The third-order valence-electron chi connectivity index (χ3n) is 11.4. The first kappa shape index (κ1) is 44.7. The van der Waals surface area contributed by atoms with Gasteiger partial charge < -0.3 is 14.6 Å². The van der Waals surface area contributed by atoms with Crippen molar-refractivity contribution in [3.63, 3.8) is 0 Å². The minimum atomic E-state index is -0.252. The molecule has 0 fully saturated rings. The summed E-state index contributed by atoms with van der Waals surface area (Å²) in [6.07, 6.45) is 1.78. The molecule has 4 rings (SSSR count). The van der Waals surface area contributed by atoms with Gasteiger partial charge in [-0.25, -0.2) is 0 Å². The van der Waals surface area contributed by atoms with Gasteiger partial charge in [0.1, 0.15) is 18.1 Å². The van der Waals surface area contributed by atoms with E-state index in [4.69, 9.17) is 9.47 Å². The van der Waals surface area contributed by atoms with E-state index in [-0.39, 0.29) is 30.3 Å². The van der Waals surface area contributed by atoms with Crippen LogP contribution in [0.25, 0.3) is 0 Å². The average Bonchev–Trinajstić information content (AvgIpc) is 3.17. The van der Waals surface area contributed by atoms with Gasteiger partial charge in [-0.15, -0.1) is 0 Å². The first-order valence-electron chi connectivity index (χ1n) is 21.0. The monoisotopic (exact) mass is 763 g/mol. The maximum atomic E-state index is 13.1. The van der Waals surface area contributed by atoms with E-state index < -0.39 is 0 Å². The summed E-state index contributed by atoms with van der Waals surface area (Å²) in [6.45, 7) is 26.4. The summed E-state index contributed by atoms with van der Waals surface area (Å²) < 4.78 is 12.9. The number of carbonyl (C=O) groups excluding carboxylic acids is 1. The highest BCUT2D eigenvalue weighted by Gasteiger charge is 2.27. The van der Waals surface area contributed by atoms with E-state index in [1.54, 1.807) is 0 Å². The van der Waals surface area contributed by atoms with Gasteiger partial charge in [-0.3, -0.25) is 14.6 Å². The van der Waals surface area contributed by atoms with Crippen LogP contribution in [0.3, 0.4) is 0 Å². The quantitative estimate of drug-likeness (QED) is 0.0674. The second-order valence-electron chi connectivity index (χ2n) is 17.0. The number of nitrogens with zero attached hydrogens (tertiary/aromatic N) is 2. The lowest BCUT2D eigenvalue weighted by molar-refractivity contribution is -0.137. The first-order valence-corrected chi connectivity index (χ1v) is 21.0. The summed E-state index contributed by atoms with van der Waals surface area (Å²) in [7, 11) is 0. The van der Waals surface area contributed by atoms with Crippen molar-refractivity contribution in [2.75, 3.05) is 13.1 Å². The number of ether oxygens (including phenoxy) is 2. The van der Waals surface area contributed by atoms with Crippen LogP contribution in [-0.4, -0.2) is 58.1 Å². The standard InChI is InChI=1S/C50H70N2O4/c1-34(2)39(11)52(38(9)10)29-27-44(42-18-14-12-15-19-42)46-30-40(32-53)22-24-48(46)55-33-41-23-25-49(56-50(54)35(3)4)47(31-41)45(43-20-16-13-17-21-43)26-28-51(36(5)6)37(7)8/h12-25,30-31,34-39,44-45,53H,26-29,32-33H2,1-11H3/t39?,44-,45-/m1/s1. The zero-order valence-corrected chi connectivity index (χ0v) is 36.2. The molecule has 0 aliphatic heterocycles. The zero-order valence-electron chi connectivity index (χ0n) is 36.2. The molecule has 6 nitrogen and oxygen atoms in total. The Morgan fingerprint density at radius 2 is 1.05 bits per heavy atom. The van der Waals surface area contributed by atoms with E-state index in [0.29, 0.717) is 42.4 Å². The molecular weight excluding hydrogens is 693 g/mol. The smallest absolute Gasteiger partial charge is 0.313 e. The lowest BCUT2D eigenvalue weighted by atomic mass is 9.86. The van der Waals surface area contributed by atoms with Crippen molar-refractivity contribution in [2.45, 2.75) is 138 Å². The molecule has 56 heavy (non-hydrogen) atoms. The highest BCUT2D eigenvalue weighted by molar-refractivity contribution is 5.75. The Labute approximate surface area is 339 Å². The van der Waals surface area contributed by atoms with Crippen molar-refractivity contribution in [1.29, 1.82) is 0 Å². The SMILES string of the molecule is CC(C)C(=O)Oc1ccc(COc2ccc(CO)cc2[C@H](CCN(C(C)C)C(C)C(C)C)c2ccccc2)cc1[C@H](CCN(C(C)C)C(C)C)c1ccccc1. The lowest BCUT2D eigenvalue weighted by Crippen LogP contribution is -2.42. The molecule has 0 radical (unpaired) electrons. The Balaban J connectivity index is 1.75. The summed E-state index contributed by atoms with van der Waals surface area (Å²) in [5.74, 6) is 1.53. The molecule has 0 spiro atoms. The van der Waals surface area contributed by atoms with Crippen LogP contribution in [0.5, 0.6) is 11.5 Å². The Bertz CT molecular complexity index is 1760. The molecule has 0 bridgehead atoms. The van der Waals surface area contributed by atoms with Gasteiger partial charge in [0.25, 0.3) is 0 Å². The Kier molecular flexibility index (Phi) is 17.2. The molecular formula is C50H70N2O4. The zero-order chi connectivity index (χ0) is 40.9. The van der Waals surface area contributed by atoms with Crippen LogP contribution in [-0.2, 0) is 18.0 Å². The molecule has 4 aromatic carbocycles. The van der Waals surface area contributed by atoms with E-state index in [1.165, 1.54) is 11.1 Å². The predicted octanol–water partition coefficient (Wildman–Crippen LogP) is 11.2. The molecule has 0 aliphatic carbocycles. The van der Waals surface area contributed by atoms with Crippen molar-refractivity contribution in [3.05, 3.63) is 130 Å². The molecule has 0 aliphatic rings. The van der Waals surface area contributed by atoms with Gasteiger partial charge in [0.15, 0.2) is 0 Å². The number of benzene rings is 4. The Morgan fingerprint density at radius 1 is 0.589 bits per heavy atom. The summed E-state index contributed by atoms with van der Waals surface area (Å²) in [6, 6.07) is 35.2. The van der Waals surface area contributed by atoms with E-state index in [9.17, 15) is 9.90 Å². The highest BCUT2D eigenvalue weighted by atomic mass is 16.5. The summed E-state index contributed by atoms with van der Waals surface area (Å²) >= 11 is 0. The number of carbonyl (C=O) groups is 1. The number of rotatable bonds is 21. The average molecular weight is 763 g/mol. The molecule has 1 unspecified atom stereocenters. The van der Waals surface area contributed by atoms with E-state index >= 15 is 0 Å². The summed E-state index contributed by atoms with van der Waals surface area (Å²) in [5, 5.41) is 10.3. The van der Waals surface area contributed by atoms with Crippen LogP contribution in [0, 0.1) is 11.8 Å². The van der Waals surface area contributed by atoms with Crippen LogP contribution in [0.2, 0.25) is 0 Å². The molecule has 0 saturated heterocycles. The minimum Gasteiger partial charge on any atom is -0.489 e. The largest absolute Gasteiger partial charge is 0.489 e. The van der Waals surface area contributed by atoms with Crippen molar-refractivity contribution >= 4 is 5.97 Å². The maximum absolute atomic E-state index is 13.1. The molecule has 6 heteroatoms. The fourth-order valence-corrected chi connectivity index (χ4v) is 7.90. The van der Waals surface area contributed by atoms with E-state index in [2.05, 4.69) is 139 Å². The first-order chi connectivity index (χ1) is 26.7. The summed E-state index contributed by atoms with van der Waals surface area (Å²) in [4.78, 5) is 18.2. The topological polar surface area (TPSA) is 62.2 Å². The Hall–Kier alpha value is -3.97. The highest BCUT2D eigenvalue weighted by Crippen LogP contribution is 2.39. The second kappa shape index (κ2) is 21.5. The third kappa shape index (κ3) is 12.3. The fraction of sp³-hybridized carbons (Fsp3) is 0.500. The maximum Gasteiger partial charge on any atom is 0.313 e. The number of hydrogen-bond acceptors (Lipinski definition) is 6. The van der Waals surface area contributed by atoms with E-state index in [0.717, 1.165) is 53.9 Å². The molecule has 0 aromatic heterocycles. The van der Waals surface area contributed by atoms with Crippen molar-refractivity contribution in [2.24, 2.45) is 11.8 Å². The van der Waals surface area contributed by atoms with Gasteiger partial charge in [0, 0.05) is 47.1 Å². The normalized spacial score (nSPS) is 13.7. The van der Waals surface area contributed by atoms with Gasteiger partial charge in [0.2, 0.25) is 0 Å². The second-order valence-corrected chi connectivity index (χ2v) is 17.0. The van der Waals surface area contributed by atoms with Crippen LogP contribution in [0.4, 0.5) is 0 Å². The van der Waals surface area contributed by atoms with Gasteiger partial charge in [0.05, 0.1) is 12.5 Å². The van der Waals surface area contributed by atoms with Crippen molar-refractivity contribution in [3.8, 4) is 11.5 Å². The molecule has 0 saturated carbocycles. The molecule has 4 aromatic rings. The van der Waals surface area contributed by atoms with E-state index in [1.807, 2.05) is 44.2 Å². The molecule has 304 valence electrons. The number of hydrogen-bond donors (Lipinski definition) is 1. The Morgan fingerprint density at radius 3 is 1.54 bits per heavy atom. The van der Waals surface area contributed by atoms with Gasteiger partial charge in [-0.05, 0) is 127 Å². The number of aliphatic hydroxyl groups excluding tert-OH is 1. The third-order valence-corrected chi connectivity index (χ3v) is 11.4. The lowest BCUT2D eigenvalue weighted by Gasteiger charge is -2.36. The van der Waals surface area contributed by atoms with Crippen molar-refractivity contribution in [1.82, 2.24) is 9.80 Å². The fourth-order valence-electron chi connectivity index (χ4n) is 7.90. The number of aliphatic hydroxyl groups is 1. The van der Waals surface area contributed by atoms with Crippen LogP contribution >= 0.6 is 0 Å². The van der Waals surface area contributed by atoms with Gasteiger partial charge >= 0.3 is 5.97 Å². The van der Waals surface area contributed by atoms with Gasteiger partial charge in [-0.2, -0.15) is 0 Å². The van der Waals surface area contributed by atoms with Gasteiger partial charge in [-0.1, -0.05) is 100 Å². The molecule has 0 amide bonds. The van der Waals surface area contributed by atoms with Crippen LogP contribution in [0.1, 0.15) is 134 Å². The van der Waals surface area contributed by atoms with Crippen LogP contribution < -0.4 is 9.47 Å². The molecule has 0 heterocycles. The summed E-state index contributed by atoms with van der Waals surface area (Å²) in [5.41, 5.74) is 6.36. The number of esters is 1. The molecule has 1 N–H and O–H groups in total. The van der Waals surface area contributed by atoms with Crippen LogP contribution in [0.15, 0.2) is 97.1 Å². The molecule has 3 atom stereocenters. The van der Waals surface area contributed by atoms with Crippen molar-refractivity contribution < 1.29 is 19.4 Å². The predicted molar refractivity (Wildman–Crippen MR) is 233 cm³/mol.